The van der Waals surface area contributed by atoms with Gasteiger partial charge in [-0.1, -0.05) is 39.3 Å². The van der Waals surface area contributed by atoms with E-state index in [1.807, 2.05) is 6.92 Å². The van der Waals surface area contributed by atoms with Crippen molar-refractivity contribution in [3.05, 3.63) is 35.4 Å². The van der Waals surface area contributed by atoms with Crippen LogP contribution in [0.1, 0.15) is 112 Å². The predicted molar refractivity (Wildman–Crippen MR) is 344 cm³/mol. The molecule has 0 amide bonds. The number of aliphatic hydroxyl groups excluding tert-OH is 13. The molecule has 0 spiro atoms. The number of carboxylic acid groups (broad SMARTS) is 1. The second-order valence-corrected chi connectivity index (χ2v) is 31.3. The second kappa shape index (κ2) is 29.6. The molecular weight excluding hydrogens is 1350 g/mol. The zero-order chi connectivity index (χ0) is 74.5. The molecule has 5 aliphatic carbocycles. The summed E-state index contributed by atoms with van der Waals surface area (Å²) < 4.78 is 83.7. The second-order valence-electron chi connectivity index (χ2n) is 31.3. The molecule has 576 valence electrons. The van der Waals surface area contributed by atoms with E-state index in [9.17, 15) is 86.2 Å². The van der Waals surface area contributed by atoms with Crippen molar-refractivity contribution in [2.75, 3.05) is 54.4 Å². The molecule has 4 saturated carbocycles. The SMILES string of the molecule is COc1cc(/C=C/C(=O)O[C@@H]2[C@H](O)[C@@H](O[C@@H]3O[C@@H](C)[C@H](O[C@@H]4OC[C@@H](O)[C@H](O)[C@H]4O)[C@@H](O[C@@H]4OC[C@](O)(CO)[C@H]4O)[C@H]3O)[C@H](OC(=O)[C@]34CCC(C)(C)CC3C3=CCC5[C@@]6(C)CC(O)C(O[C@@H]7O[C@H](CO)[C@@H](O)[C@H](O)[C@H]7O)C(C)(C(=O)O)C6CC[C@@]5(C)[C@]3(CO)CC4)O[C@@H]2C)cc(OC)c1OC. The maximum absolute atomic E-state index is 16.1. The molecule has 9 fully saturated rings. The van der Waals surface area contributed by atoms with Gasteiger partial charge in [0.15, 0.2) is 48.9 Å². The molecule has 11 rings (SSSR count). The molecule has 0 bridgehead atoms. The van der Waals surface area contributed by atoms with Crippen molar-refractivity contribution in [3.8, 4) is 17.2 Å². The van der Waals surface area contributed by atoms with E-state index in [2.05, 4.69) is 26.8 Å². The maximum Gasteiger partial charge on any atom is 0.331 e. The molecule has 0 aromatic heterocycles. The summed E-state index contributed by atoms with van der Waals surface area (Å²) in [5.74, 6) is -4.00. The molecule has 6 unspecified atom stereocenters. The van der Waals surface area contributed by atoms with Gasteiger partial charge in [-0.3, -0.25) is 9.59 Å². The molecule has 32 nitrogen and oxygen atoms in total. The molecule has 102 heavy (non-hydrogen) atoms. The molecule has 5 aliphatic heterocycles. The molecule has 32 heteroatoms. The number of fused-ring (bicyclic) bond motifs is 7. The fraction of sp³-hybridized carbons (Fsp3) is 0.814. The summed E-state index contributed by atoms with van der Waals surface area (Å²) in [7, 11) is 4.25. The number of aliphatic carboxylic acids is 1. The van der Waals surface area contributed by atoms with Gasteiger partial charge in [0.25, 0.3) is 0 Å². The van der Waals surface area contributed by atoms with Crippen LogP contribution in [-0.2, 0) is 66.5 Å². The van der Waals surface area contributed by atoms with E-state index >= 15 is 4.79 Å². The van der Waals surface area contributed by atoms with Crippen molar-refractivity contribution in [2.24, 2.45) is 50.2 Å². The predicted octanol–water partition coefficient (Wildman–Crippen LogP) is -1.58. The minimum atomic E-state index is -2.25. The summed E-state index contributed by atoms with van der Waals surface area (Å²) >= 11 is 0. The van der Waals surface area contributed by atoms with Crippen molar-refractivity contribution >= 4 is 24.0 Å². The standard InChI is InChI=1S/C70H104O32/c1-30-50(97-42(76)14-11-32-21-37(89-8)52(91-10)38(22-32)90-9)48(82)54(100-59-49(83)53(99-61-55(84)70(88,28-73)29-93-61)51(31(2)94-59)98-57-46(80)43(77)36(75)26-92-57)60(95-30)102-63(87)68-18-17-64(3,4)23-34(68)33-12-13-40-65(5)24-35(74)56(101-58-47(81)45(79)44(78)39(25-71)96-58)67(7,62(85)86)41(65)15-16-66(40,6)69(33,27-72)20-19-68/h11-12,14,21-22,30-31,34-36,39-41,43-51,53-61,71-75,77-84,88H,13,15-20,23-29H2,1-10H3,(H,85,86)/b14-11+/t30-,31+,34?,35?,36-,39-,40?,41?,43+,44-,45+,46-,47-,48+,49-,50+,51+,53+,54-,55+,56?,57+,58+,59+,60+,61+,65-,66-,67?,68+,69+,70-/m1/s1. The summed E-state index contributed by atoms with van der Waals surface area (Å²) in [4.78, 5) is 44.0. The zero-order valence-corrected chi connectivity index (χ0v) is 58.9. The Hall–Kier alpha value is -4.41. The van der Waals surface area contributed by atoms with Crippen LogP contribution in [-0.4, -0.2) is 296 Å². The molecule has 10 aliphatic rings. The summed E-state index contributed by atoms with van der Waals surface area (Å²) in [6.07, 6.45) is -32.8. The first-order valence-electron chi connectivity index (χ1n) is 35.0. The Bertz CT molecular complexity index is 3200. The quantitative estimate of drug-likeness (QED) is 0.0303. The van der Waals surface area contributed by atoms with Crippen LogP contribution in [0, 0.1) is 50.2 Å². The van der Waals surface area contributed by atoms with Gasteiger partial charge in [-0.2, -0.15) is 0 Å². The number of carbonyl (C=O) groups excluding carboxylic acids is 2. The minimum absolute atomic E-state index is 0.00577. The average Bonchev–Trinajstić information content (AvgIpc) is 0.708. The summed E-state index contributed by atoms with van der Waals surface area (Å²) in [6, 6.07) is 3.13. The molecule has 1 aromatic rings. The third-order valence-corrected chi connectivity index (χ3v) is 25.1. The van der Waals surface area contributed by atoms with Gasteiger partial charge in [0.2, 0.25) is 12.0 Å². The Labute approximate surface area is 589 Å². The van der Waals surface area contributed by atoms with Crippen molar-refractivity contribution in [3.63, 3.8) is 0 Å². The molecule has 5 heterocycles. The van der Waals surface area contributed by atoms with Gasteiger partial charge in [0.05, 0.1) is 83.5 Å². The van der Waals surface area contributed by atoms with Gasteiger partial charge in [0, 0.05) is 11.5 Å². The molecular formula is C70H104O32. The number of allylic oxidation sites excluding steroid dienone is 1. The fourth-order valence-electron chi connectivity index (χ4n) is 19.2. The van der Waals surface area contributed by atoms with Gasteiger partial charge in [-0.05, 0) is 136 Å². The summed E-state index contributed by atoms with van der Waals surface area (Å²) in [5, 5.41) is 168. The highest BCUT2D eigenvalue weighted by Crippen LogP contribution is 2.76. The first kappa shape index (κ1) is 78.7. The number of hydrogen-bond donors (Lipinski definition) is 15. The number of benzene rings is 1. The smallest absolute Gasteiger partial charge is 0.331 e. The monoisotopic (exact) mass is 1460 g/mol. The number of ether oxygens (including phenoxy) is 14. The highest BCUT2D eigenvalue weighted by Gasteiger charge is 2.74. The van der Waals surface area contributed by atoms with Crippen molar-refractivity contribution < 1.29 is 157 Å². The van der Waals surface area contributed by atoms with Gasteiger partial charge >= 0.3 is 17.9 Å². The van der Waals surface area contributed by atoms with Crippen molar-refractivity contribution in [1.82, 2.24) is 0 Å². The summed E-state index contributed by atoms with van der Waals surface area (Å²) in [6.45, 7) is 9.25. The lowest BCUT2D eigenvalue weighted by atomic mass is 9.33. The number of esters is 2. The Balaban J connectivity index is 0.913. The van der Waals surface area contributed by atoms with E-state index in [1.54, 1.807) is 12.1 Å². The van der Waals surface area contributed by atoms with Crippen LogP contribution >= 0.6 is 0 Å². The Kier molecular flexibility index (Phi) is 22.8. The minimum Gasteiger partial charge on any atom is -0.493 e. The van der Waals surface area contributed by atoms with E-state index in [4.69, 9.17) is 66.3 Å². The number of hydrogen-bond acceptors (Lipinski definition) is 31. The van der Waals surface area contributed by atoms with Crippen LogP contribution < -0.4 is 14.2 Å². The average molecular weight is 1460 g/mol. The fourth-order valence-corrected chi connectivity index (χ4v) is 19.2. The highest BCUT2D eigenvalue weighted by atomic mass is 16.8. The third kappa shape index (κ3) is 13.3. The lowest BCUT2D eigenvalue weighted by molar-refractivity contribution is -0.384. The van der Waals surface area contributed by atoms with Crippen LogP contribution in [0.3, 0.4) is 0 Å². The van der Waals surface area contributed by atoms with Crippen LogP contribution in [0.15, 0.2) is 29.9 Å². The van der Waals surface area contributed by atoms with Crippen LogP contribution in [0.5, 0.6) is 17.2 Å². The van der Waals surface area contributed by atoms with Crippen LogP contribution in [0.2, 0.25) is 0 Å². The topological polar surface area (TPSA) is 484 Å². The zero-order valence-electron chi connectivity index (χ0n) is 58.9. The van der Waals surface area contributed by atoms with Gasteiger partial charge in [0.1, 0.15) is 85.0 Å². The number of carbonyl (C=O) groups is 3. The normalized spacial score (nSPS) is 47.7. The lowest BCUT2D eigenvalue weighted by Crippen LogP contribution is -2.71. The van der Waals surface area contributed by atoms with E-state index < -0.39 is 242 Å². The van der Waals surface area contributed by atoms with Gasteiger partial charge in [-0.15, -0.1) is 0 Å². The summed E-state index contributed by atoms with van der Waals surface area (Å²) in [5.41, 5.74) is -7.50. The number of rotatable bonds is 20. The Morgan fingerprint density at radius 3 is 1.86 bits per heavy atom. The molecule has 0 radical (unpaired) electrons. The van der Waals surface area contributed by atoms with Crippen molar-refractivity contribution in [1.29, 1.82) is 0 Å². The van der Waals surface area contributed by atoms with Crippen LogP contribution in [0.4, 0.5) is 0 Å². The third-order valence-electron chi connectivity index (χ3n) is 25.1. The largest absolute Gasteiger partial charge is 0.493 e. The highest BCUT2D eigenvalue weighted by molar-refractivity contribution is 5.87. The van der Waals surface area contributed by atoms with E-state index in [1.165, 1.54) is 48.2 Å². The molecule has 5 saturated heterocycles. The number of carboxylic acids is 1. The van der Waals surface area contributed by atoms with Crippen LogP contribution in [0.25, 0.3) is 6.08 Å². The molecule has 15 N–H and O–H groups in total. The number of methoxy groups -OCH3 is 3. The Morgan fingerprint density at radius 2 is 1.24 bits per heavy atom. The lowest BCUT2D eigenvalue weighted by Gasteiger charge is -2.71. The van der Waals surface area contributed by atoms with E-state index in [0.717, 1.165) is 11.6 Å². The first-order valence-corrected chi connectivity index (χ1v) is 35.0. The molecule has 32 atom stereocenters. The van der Waals surface area contributed by atoms with Gasteiger partial charge in [-0.25, -0.2) is 4.79 Å². The molecule has 1 aromatic carbocycles. The number of aliphatic hydroxyl groups is 14. The Morgan fingerprint density at radius 1 is 0.608 bits per heavy atom. The van der Waals surface area contributed by atoms with E-state index in [0.29, 0.717) is 31.2 Å². The van der Waals surface area contributed by atoms with E-state index in [-0.39, 0.29) is 56.0 Å². The maximum atomic E-state index is 16.1. The van der Waals surface area contributed by atoms with Crippen molar-refractivity contribution in [2.45, 2.75) is 253 Å². The van der Waals surface area contributed by atoms with Gasteiger partial charge < -0.3 is 143 Å². The first-order chi connectivity index (χ1) is 48.0.